The number of para-hydroxylation sites is 2. The van der Waals surface area contributed by atoms with Crippen LogP contribution in [0.15, 0.2) is 71.7 Å². The van der Waals surface area contributed by atoms with Crippen LogP contribution in [0, 0.1) is 0 Å². The van der Waals surface area contributed by atoms with Gasteiger partial charge in [0.2, 0.25) is 5.91 Å². The van der Waals surface area contributed by atoms with E-state index in [-0.39, 0.29) is 36.6 Å². The Balaban J connectivity index is 1.66. The highest BCUT2D eigenvalue weighted by Gasteiger charge is 2.31. The molecule has 0 atom stereocenters. The number of hydrogen-bond donors (Lipinski definition) is 2. The summed E-state index contributed by atoms with van der Waals surface area (Å²) in [4.78, 5) is 24.9. The molecule has 9 heteroatoms. The van der Waals surface area contributed by atoms with E-state index in [9.17, 15) is 22.8 Å². The van der Waals surface area contributed by atoms with E-state index in [0.29, 0.717) is 22.5 Å². The molecule has 31 heavy (non-hydrogen) atoms. The molecule has 1 aromatic heterocycles. The summed E-state index contributed by atoms with van der Waals surface area (Å²) in [7, 11) is 0. The van der Waals surface area contributed by atoms with E-state index in [0.717, 1.165) is 0 Å². The second kappa shape index (κ2) is 9.38. The molecule has 6 nitrogen and oxygen atoms in total. The van der Waals surface area contributed by atoms with Crippen molar-refractivity contribution in [3.63, 3.8) is 0 Å². The van der Waals surface area contributed by atoms with Crippen LogP contribution in [0.3, 0.4) is 0 Å². The van der Waals surface area contributed by atoms with Crippen LogP contribution in [0.4, 0.5) is 24.5 Å². The van der Waals surface area contributed by atoms with Gasteiger partial charge in [0.15, 0.2) is 0 Å². The molecule has 0 aliphatic rings. The second-order valence-electron chi connectivity index (χ2n) is 6.80. The van der Waals surface area contributed by atoms with Crippen molar-refractivity contribution in [2.24, 2.45) is 0 Å². The second-order valence-corrected chi connectivity index (χ2v) is 6.80. The van der Waals surface area contributed by atoms with E-state index in [1.165, 1.54) is 29.0 Å². The maximum Gasteiger partial charge on any atom is 0.573 e. The van der Waals surface area contributed by atoms with Crippen LogP contribution in [0.25, 0.3) is 0 Å². The van der Waals surface area contributed by atoms with Crippen molar-refractivity contribution in [3.8, 4) is 5.75 Å². The zero-order valence-corrected chi connectivity index (χ0v) is 16.4. The number of nitrogen functional groups attached to an aromatic ring is 1. The number of nitrogens with one attached hydrogen (secondary N) is 1. The molecule has 0 aliphatic heterocycles. The fourth-order valence-electron chi connectivity index (χ4n) is 3.01. The summed E-state index contributed by atoms with van der Waals surface area (Å²) in [5, 5.41) is 2.70. The summed E-state index contributed by atoms with van der Waals surface area (Å²) in [5.41, 5.74) is 7.30. The molecule has 0 fully saturated rings. The Morgan fingerprint density at radius 1 is 1.06 bits per heavy atom. The maximum atomic E-state index is 12.7. The van der Waals surface area contributed by atoms with Gasteiger partial charge in [-0.05, 0) is 42.3 Å². The molecule has 0 saturated heterocycles. The summed E-state index contributed by atoms with van der Waals surface area (Å²) in [6, 6.07) is 15.5. The monoisotopic (exact) mass is 431 g/mol. The van der Waals surface area contributed by atoms with E-state index in [4.69, 9.17) is 5.73 Å². The normalized spacial score (nSPS) is 11.2. The average molecular weight is 431 g/mol. The largest absolute Gasteiger partial charge is 0.573 e. The number of aromatic nitrogens is 1. The van der Waals surface area contributed by atoms with Crippen molar-refractivity contribution in [1.82, 2.24) is 4.57 Å². The fraction of sp³-hybridized carbons (Fsp3) is 0.182. The highest BCUT2D eigenvalue weighted by Crippen LogP contribution is 2.23. The van der Waals surface area contributed by atoms with Gasteiger partial charge in [0.05, 0.1) is 17.9 Å². The number of alkyl halides is 3. The number of ether oxygens (including phenoxy) is 1. The SMILES string of the molecule is Nc1ccccc1NC(=O)CCc1cccn(Cc2cccc(OC(F)(F)F)c2)c1=O. The van der Waals surface area contributed by atoms with Crippen LogP contribution in [0.2, 0.25) is 0 Å². The molecule has 0 aliphatic carbocycles. The van der Waals surface area contributed by atoms with E-state index in [2.05, 4.69) is 10.1 Å². The summed E-state index contributed by atoms with van der Waals surface area (Å²) in [6.07, 6.45) is -2.98. The van der Waals surface area contributed by atoms with E-state index in [1.807, 2.05) is 0 Å². The zero-order valence-electron chi connectivity index (χ0n) is 16.4. The molecule has 0 spiro atoms. The Hall–Kier alpha value is -3.75. The highest BCUT2D eigenvalue weighted by atomic mass is 19.4. The van der Waals surface area contributed by atoms with Crippen molar-refractivity contribution < 1.29 is 22.7 Å². The number of nitrogens with two attached hydrogens (primary N) is 1. The molecule has 3 rings (SSSR count). The van der Waals surface area contributed by atoms with E-state index >= 15 is 0 Å². The lowest BCUT2D eigenvalue weighted by atomic mass is 10.1. The molecule has 0 unspecified atom stereocenters. The number of pyridine rings is 1. The average Bonchev–Trinajstić information content (AvgIpc) is 2.69. The van der Waals surface area contributed by atoms with Crippen molar-refractivity contribution in [1.29, 1.82) is 0 Å². The minimum Gasteiger partial charge on any atom is -0.406 e. The van der Waals surface area contributed by atoms with Gasteiger partial charge in [-0.3, -0.25) is 9.59 Å². The first kappa shape index (κ1) is 21.9. The standard InChI is InChI=1S/C22H20F3N3O3/c23-22(24,25)31-17-7-3-5-15(13-17)14-28-12-4-6-16(21(28)30)10-11-20(29)27-19-9-2-1-8-18(19)26/h1-9,12-13H,10-11,14,26H2,(H,27,29). The number of carbonyl (C=O) groups is 1. The number of anilines is 2. The third-order valence-electron chi connectivity index (χ3n) is 4.44. The molecule has 1 heterocycles. The van der Waals surface area contributed by atoms with Crippen LogP contribution < -0.4 is 21.3 Å². The van der Waals surface area contributed by atoms with Crippen LogP contribution in [-0.4, -0.2) is 16.8 Å². The Morgan fingerprint density at radius 2 is 1.84 bits per heavy atom. The van der Waals surface area contributed by atoms with Crippen LogP contribution in [0.5, 0.6) is 5.75 Å². The van der Waals surface area contributed by atoms with Gasteiger partial charge in [-0.25, -0.2) is 0 Å². The molecule has 2 aromatic carbocycles. The molecule has 0 saturated carbocycles. The van der Waals surface area contributed by atoms with Gasteiger partial charge in [0.25, 0.3) is 5.56 Å². The number of rotatable bonds is 7. The van der Waals surface area contributed by atoms with Crippen LogP contribution >= 0.6 is 0 Å². The van der Waals surface area contributed by atoms with E-state index < -0.39 is 6.36 Å². The Morgan fingerprint density at radius 3 is 2.58 bits per heavy atom. The van der Waals surface area contributed by atoms with Crippen LogP contribution in [-0.2, 0) is 17.8 Å². The predicted octanol–water partition coefficient (Wildman–Crippen LogP) is 3.95. The first-order chi connectivity index (χ1) is 14.7. The Labute approximate surface area is 176 Å². The van der Waals surface area contributed by atoms with Crippen molar-refractivity contribution in [3.05, 3.63) is 88.3 Å². The lowest BCUT2D eigenvalue weighted by Gasteiger charge is -2.12. The third-order valence-corrected chi connectivity index (χ3v) is 4.44. The van der Waals surface area contributed by atoms with E-state index in [1.54, 1.807) is 42.5 Å². The number of nitrogens with zero attached hydrogens (tertiary/aromatic N) is 1. The molecule has 3 aromatic rings. The number of amides is 1. The Bertz CT molecular complexity index is 1130. The van der Waals surface area contributed by atoms with Gasteiger partial charge in [0.1, 0.15) is 5.75 Å². The molecule has 0 radical (unpaired) electrons. The van der Waals surface area contributed by atoms with Gasteiger partial charge in [-0.2, -0.15) is 0 Å². The molecule has 3 N–H and O–H groups in total. The van der Waals surface area contributed by atoms with Gasteiger partial charge < -0.3 is 20.4 Å². The molecular weight excluding hydrogens is 411 g/mol. The Kier molecular flexibility index (Phi) is 6.64. The lowest BCUT2D eigenvalue weighted by Crippen LogP contribution is -2.24. The quantitative estimate of drug-likeness (QED) is 0.555. The minimum atomic E-state index is -4.79. The lowest BCUT2D eigenvalue weighted by molar-refractivity contribution is -0.274. The third kappa shape index (κ3) is 6.36. The van der Waals surface area contributed by atoms with Crippen molar-refractivity contribution in [2.45, 2.75) is 25.7 Å². The summed E-state index contributed by atoms with van der Waals surface area (Å²) < 4.78 is 42.5. The molecular formula is C22H20F3N3O3. The number of hydrogen-bond acceptors (Lipinski definition) is 4. The number of carbonyl (C=O) groups excluding carboxylic acids is 1. The number of halogens is 3. The summed E-state index contributed by atoms with van der Waals surface area (Å²) in [6.45, 7) is 0.0640. The predicted molar refractivity (Wildman–Crippen MR) is 111 cm³/mol. The number of aryl methyl sites for hydroxylation is 1. The van der Waals surface area contributed by atoms with Gasteiger partial charge in [-0.15, -0.1) is 13.2 Å². The smallest absolute Gasteiger partial charge is 0.406 e. The topological polar surface area (TPSA) is 86.3 Å². The first-order valence-corrected chi connectivity index (χ1v) is 9.38. The molecule has 0 bridgehead atoms. The van der Waals surface area contributed by atoms with Gasteiger partial charge in [-0.1, -0.05) is 30.3 Å². The summed E-state index contributed by atoms with van der Waals surface area (Å²) in [5.74, 6) is -0.643. The first-order valence-electron chi connectivity index (χ1n) is 9.38. The van der Waals surface area contributed by atoms with Crippen molar-refractivity contribution in [2.75, 3.05) is 11.1 Å². The maximum absolute atomic E-state index is 12.7. The van der Waals surface area contributed by atoms with Gasteiger partial charge in [0, 0.05) is 18.2 Å². The number of benzene rings is 2. The fourth-order valence-corrected chi connectivity index (χ4v) is 3.01. The van der Waals surface area contributed by atoms with Crippen molar-refractivity contribution >= 4 is 17.3 Å². The minimum absolute atomic E-state index is 0.0640. The summed E-state index contributed by atoms with van der Waals surface area (Å²) >= 11 is 0. The molecule has 162 valence electrons. The zero-order chi connectivity index (χ0) is 22.4. The molecule has 1 amide bonds. The van der Waals surface area contributed by atoms with Crippen LogP contribution in [0.1, 0.15) is 17.5 Å². The highest BCUT2D eigenvalue weighted by molar-refractivity contribution is 5.93. The van der Waals surface area contributed by atoms with Gasteiger partial charge >= 0.3 is 6.36 Å².